The number of ether oxygens (including phenoxy) is 1. The van der Waals surface area contributed by atoms with Gasteiger partial charge < -0.3 is 15.0 Å². The average Bonchev–Trinajstić information content (AvgIpc) is 2.74. The number of methoxy groups -OCH3 is 1. The zero-order chi connectivity index (χ0) is 20.8. The van der Waals surface area contributed by atoms with Gasteiger partial charge in [-0.1, -0.05) is 42.5 Å². The van der Waals surface area contributed by atoms with Crippen molar-refractivity contribution in [2.75, 3.05) is 19.5 Å². The minimum atomic E-state index is -0.306. The monoisotopic (exact) mass is 452 g/mol. The van der Waals surface area contributed by atoms with Crippen LogP contribution in [0.5, 0.6) is 5.75 Å². The fourth-order valence-corrected chi connectivity index (χ4v) is 3.46. The molecule has 3 aromatic carbocycles. The Kier molecular flexibility index (Phi) is 6.67. The van der Waals surface area contributed by atoms with Crippen LogP contribution in [0.1, 0.15) is 26.3 Å². The number of nitrogens with zero attached hydrogens (tertiary/aromatic N) is 1. The van der Waals surface area contributed by atoms with Crippen LogP contribution < -0.4 is 10.1 Å². The number of rotatable bonds is 6. The number of halogens is 1. The number of hydrogen-bond donors (Lipinski definition) is 1. The molecular formula is C23H21BrN2O3. The SMILES string of the molecule is COc1ccc(C(=O)Nc2ccccc2C(=O)N(C)Cc2ccccc2)cc1Br. The first-order valence-electron chi connectivity index (χ1n) is 9.03. The fraction of sp³-hybridized carbons (Fsp3) is 0.130. The highest BCUT2D eigenvalue weighted by Gasteiger charge is 2.18. The molecule has 5 nitrogen and oxygen atoms in total. The number of carbonyl (C=O) groups excluding carboxylic acids is 2. The van der Waals surface area contributed by atoms with Gasteiger partial charge in [0, 0.05) is 19.2 Å². The van der Waals surface area contributed by atoms with Crippen molar-refractivity contribution < 1.29 is 14.3 Å². The molecule has 0 fully saturated rings. The van der Waals surface area contributed by atoms with Crippen molar-refractivity contribution in [1.82, 2.24) is 4.90 Å². The van der Waals surface area contributed by atoms with E-state index in [1.165, 1.54) is 0 Å². The van der Waals surface area contributed by atoms with E-state index in [1.807, 2.05) is 30.3 Å². The summed E-state index contributed by atoms with van der Waals surface area (Å²) >= 11 is 3.38. The normalized spacial score (nSPS) is 10.3. The zero-order valence-electron chi connectivity index (χ0n) is 16.2. The Morgan fingerprint density at radius 2 is 1.69 bits per heavy atom. The molecule has 2 amide bonds. The van der Waals surface area contributed by atoms with E-state index < -0.39 is 0 Å². The summed E-state index contributed by atoms with van der Waals surface area (Å²) < 4.78 is 5.88. The van der Waals surface area contributed by atoms with Crippen LogP contribution >= 0.6 is 15.9 Å². The van der Waals surface area contributed by atoms with Gasteiger partial charge in [0.25, 0.3) is 11.8 Å². The number of nitrogens with one attached hydrogen (secondary N) is 1. The van der Waals surface area contributed by atoms with Crippen LogP contribution in [0.25, 0.3) is 0 Å². The van der Waals surface area contributed by atoms with Crippen molar-refractivity contribution >= 4 is 33.4 Å². The molecule has 1 N–H and O–H groups in total. The van der Waals surface area contributed by atoms with Crippen LogP contribution in [0.2, 0.25) is 0 Å². The lowest BCUT2D eigenvalue weighted by Crippen LogP contribution is -2.27. The number of amides is 2. The predicted molar refractivity (Wildman–Crippen MR) is 117 cm³/mol. The van der Waals surface area contributed by atoms with E-state index >= 15 is 0 Å². The molecule has 0 aliphatic rings. The lowest BCUT2D eigenvalue weighted by atomic mass is 10.1. The van der Waals surface area contributed by atoms with Crippen molar-refractivity contribution in [3.8, 4) is 5.75 Å². The minimum Gasteiger partial charge on any atom is -0.496 e. The van der Waals surface area contributed by atoms with Crippen LogP contribution in [-0.4, -0.2) is 30.9 Å². The second-order valence-corrected chi connectivity index (χ2v) is 7.35. The average molecular weight is 453 g/mol. The predicted octanol–water partition coefficient (Wildman–Crippen LogP) is 4.98. The Balaban J connectivity index is 1.78. The molecule has 0 spiro atoms. The molecule has 0 aliphatic heterocycles. The highest BCUT2D eigenvalue weighted by molar-refractivity contribution is 9.10. The highest BCUT2D eigenvalue weighted by atomic mass is 79.9. The van der Waals surface area contributed by atoms with Crippen molar-refractivity contribution in [3.63, 3.8) is 0 Å². The fourth-order valence-electron chi connectivity index (χ4n) is 2.92. The van der Waals surface area contributed by atoms with Gasteiger partial charge in [0.2, 0.25) is 0 Å². The molecule has 148 valence electrons. The van der Waals surface area contributed by atoms with Crippen molar-refractivity contribution in [3.05, 3.63) is 94.0 Å². The van der Waals surface area contributed by atoms with E-state index in [4.69, 9.17) is 4.74 Å². The Morgan fingerprint density at radius 1 is 1.00 bits per heavy atom. The standard InChI is InChI=1S/C23H21BrN2O3/c1-26(15-16-8-4-3-5-9-16)23(28)18-10-6-7-11-20(18)25-22(27)17-12-13-21(29-2)19(24)14-17/h3-14H,15H2,1-2H3,(H,25,27). The van der Waals surface area contributed by atoms with Gasteiger partial charge in [-0.3, -0.25) is 9.59 Å². The third kappa shape index (κ3) is 5.03. The maximum absolute atomic E-state index is 13.0. The van der Waals surface area contributed by atoms with Crippen molar-refractivity contribution in [2.24, 2.45) is 0 Å². The summed E-state index contributed by atoms with van der Waals surface area (Å²) in [5.41, 5.74) is 2.40. The minimum absolute atomic E-state index is 0.166. The van der Waals surface area contributed by atoms with E-state index in [9.17, 15) is 9.59 Å². The first-order valence-corrected chi connectivity index (χ1v) is 9.82. The van der Waals surface area contributed by atoms with Gasteiger partial charge in [-0.15, -0.1) is 0 Å². The van der Waals surface area contributed by atoms with E-state index in [1.54, 1.807) is 61.5 Å². The van der Waals surface area contributed by atoms with Crippen LogP contribution in [0.4, 0.5) is 5.69 Å². The maximum Gasteiger partial charge on any atom is 0.256 e. The van der Waals surface area contributed by atoms with Gasteiger partial charge in [0.15, 0.2) is 0 Å². The Bertz CT molecular complexity index is 1020. The smallest absolute Gasteiger partial charge is 0.256 e. The molecule has 0 saturated heterocycles. The van der Waals surface area contributed by atoms with Crippen molar-refractivity contribution in [2.45, 2.75) is 6.54 Å². The third-order valence-electron chi connectivity index (χ3n) is 4.43. The molecule has 6 heteroatoms. The number of anilines is 1. The van der Waals surface area contributed by atoms with E-state index in [2.05, 4.69) is 21.2 Å². The molecule has 0 unspecified atom stereocenters. The van der Waals surface area contributed by atoms with Crippen LogP contribution in [-0.2, 0) is 6.54 Å². The number of hydrogen-bond acceptors (Lipinski definition) is 3. The second-order valence-electron chi connectivity index (χ2n) is 6.50. The molecule has 0 aromatic heterocycles. The Hall–Kier alpha value is -3.12. The Morgan fingerprint density at radius 3 is 2.38 bits per heavy atom. The summed E-state index contributed by atoms with van der Waals surface area (Å²) in [7, 11) is 3.31. The molecule has 29 heavy (non-hydrogen) atoms. The van der Waals surface area contributed by atoms with Gasteiger partial charge in [-0.25, -0.2) is 0 Å². The molecule has 3 aromatic rings. The van der Waals surface area contributed by atoms with E-state index in [0.717, 1.165) is 5.56 Å². The quantitative estimate of drug-likeness (QED) is 0.573. The molecule has 0 heterocycles. The van der Waals surface area contributed by atoms with E-state index in [-0.39, 0.29) is 11.8 Å². The molecule has 0 atom stereocenters. The molecule has 0 aliphatic carbocycles. The van der Waals surface area contributed by atoms with Gasteiger partial charge in [0.1, 0.15) is 5.75 Å². The van der Waals surface area contributed by atoms with Crippen molar-refractivity contribution in [1.29, 1.82) is 0 Å². The lowest BCUT2D eigenvalue weighted by Gasteiger charge is -2.19. The Labute approximate surface area is 178 Å². The maximum atomic E-state index is 13.0. The van der Waals surface area contributed by atoms with Gasteiger partial charge >= 0.3 is 0 Å². The van der Waals surface area contributed by atoms with Gasteiger partial charge in [-0.2, -0.15) is 0 Å². The third-order valence-corrected chi connectivity index (χ3v) is 5.05. The largest absolute Gasteiger partial charge is 0.496 e. The first-order chi connectivity index (χ1) is 14.0. The summed E-state index contributed by atoms with van der Waals surface area (Å²) in [5, 5.41) is 2.84. The zero-order valence-corrected chi connectivity index (χ0v) is 17.8. The highest BCUT2D eigenvalue weighted by Crippen LogP contribution is 2.26. The van der Waals surface area contributed by atoms with Crippen LogP contribution in [0.3, 0.4) is 0 Å². The second kappa shape index (κ2) is 9.39. The van der Waals surface area contributed by atoms with Gasteiger partial charge in [-0.05, 0) is 51.8 Å². The molecule has 3 rings (SSSR count). The number of carbonyl (C=O) groups is 2. The van der Waals surface area contributed by atoms with Gasteiger partial charge in [0.05, 0.1) is 22.8 Å². The molecular weight excluding hydrogens is 432 g/mol. The lowest BCUT2D eigenvalue weighted by molar-refractivity contribution is 0.0786. The summed E-state index contributed by atoms with van der Waals surface area (Å²) in [6.07, 6.45) is 0. The summed E-state index contributed by atoms with van der Waals surface area (Å²) in [5.74, 6) is 0.166. The number of benzene rings is 3. The van der Waals surface area contributed by atoms with Crippen LogP contribution in [0.15, 0.2) is 77.3 Å². The van der Waals surface area contributed by atoms with Crippen LogP contribution in [0, 0.1) is 0 Å². The number of para-hydroxylation sites is 1. The van der Waals surface area contributed by atoms with E-state index in [0.29, 0.717) is 33.6 Å². The summed E-state index contributed by atoms with van der Waals surface area (Å²) in [6.45, 7) is 0.480. The molecule has 0 saturated carbocycles. The molecule has 0 bridgehead atoms. The summed E-state index contributed by atoms with van der Waals surface area (Å²) in [6, 6.07) is 21.8. The summed E-state index contributed by atoms with van der Waals surface area (Å²) in [4.78, 5) is 27.3. The topological polar surface area (TPSA) is 58.6 Å². The molecule has 0 radical (unpaired) electrons. The first kappa shape index (κ1) is 20.6.